The normalized spacial score (nSPS) is 13.5. The highest BCUT2D eigenvalue weighted by molar-refractivity contribution is 7.99. The van der Waals surface area contributed by atoms with Gasteiger partial charge in [0.05, 0.1) is 18.2 Å². The first-order valence-corrected chi connectivity index (χ1v) is 11.0. The molecule has 1 aliphatic rings. The van der Waals surface area contributed by atoms with Crippen LogP contribution in [0.15, 0.2) is 34.2 Å². The Labute approximate surface area is 170 Å². The van der Waals surface area contributed by atoms with Gasteiger partial charge in [0.1, 0.15) is 10.6 Å². The lowest BCUT2D eigenvalue weighted by Gasteiger charge is -2.15. The number of carbonyl (C=O) groups is 1. The van der Waals surface area contributed by atoms with Crippen LogP contribution in [0.4, 0.5) is 0 Å². The zero-order valence-corrected chi connectivity index (χ0v) is 17.2. The van der Waals surface area contributed by atoms with Gasteiger partial charge in [-0.1, -0.05) is 23.9 Å². The van der Waals surface area contributed by atoms with Crippen molar-refractivity contribution in [3.63, 3.8) is 0 Å². The summed E-state index contributed by atoms with van der Waals surface area (Å²) in [6.45, 7) is 0. The second kappa shape index (κ2) is 7.97. The number of benzene rings is 1. The molecule has 4 rings (SSSR count). The maximum atomic E-state index is 13.6. The Morgan fingerprint density at radius 3 is 2.89 bits per heavy atom. The number of primary amides is 1. The average Bonchev–Trinajstić information content (AvgIpc) is 3.06. The molecule has 0 saturated heterocycles. The minimum atomic E-state index is -0.369. The Balaban J connectivity index is 1.94. The highest BCUT2D eigenvalue weighted by atomic mass is 32.2. The molecule has 2 heterocycles. The first-order chi connectivity index (χ1) is 13.6. The molecule has 0 bridgehead atoms. The van der Waals surface area contributed by atoms with Crippen molar-refractivity contribution >= 4 is 39.2 Å². The number of hydrogen-bond donors (Lipinski definition) is 1. The fraction of sp³-hybridized carbons (Fsp3) is 0.350. The Morgan fingerprint density at radius 2 is 2.11 bits per heavy atom. The summed E-state index contributed by atoms with van der Waals surface area (Å²) >= 11 is 2.99. The fourth-order valence-electron chi connectivity index (χ4n) is 3.55. The zero-order valence-electron chi connectivity index (χ0n) is 15.6. The van der Waals surface area contributed by atoms with Crippen LogP contribution in [0.2, 0.25) is 0 Å². The van der Waals surface area contributed by atoms with Crippen LogP contribution >= 0.6 is 23.1 Å². The van der Waals surface area contributed by atoms with Gasteiger partial charge in [-0.3, -0.25) is 14.2 Å². The molecule has 0 aliphatic heterocycles. The van der Waals surface area contributed by atoms with Crippen molar-refractivity contribution in [2.75, 3.05) is 12.9 Å². The number of nitrogens with zero attached hydrogens (tertiary/aromatic N) is 2. The van der Waals surface area contributed by atoms with Crippen molar-refractivity contribution in [3.8, 4) is 11.4 Å². The standard InChI is InChI=1S/C20H21N3O3S2/c1-26-14-8-4-3-7-13(14)23-19(25)17-12-6-2-5-9-15(12)28-18(17)22-20(23)27-11-10-16(21)24/h3-4,7-8H,2,5-6,9-11H2,1H3,(H2,21,24). The number of thioether (sulfide) groups is 1. The van der Waals surface area contributed by atoms with E-state index in [9.17, 15) is 9.59 Å². The van der Waals surface area contributed by atoms with Crippen LogP contribution in [0.3, 0.4) is 0 Å². The van der Waals surface area contributed by atoms with Gasteiger partial charge in [0.2, 0.25) is 5.91 Å². The number of rotatable bonds is 6. The van der Waals surface area contributed by atoms with Gasteiger partial charge in [-0.05, 0) is 43.4 Å². The maximum absolute atomic E-state index is 13.6. The largest absolute Gasteiger partial charge is 0.495 e. The van der Waals surface area contributed by atoms with Crippen LogP contribution in [0.5, 0.6) is 5.75 Å². The molecule has 0 atom stereocenters. The summed E-state index contributed by atoms with van der Waals surface area (Å²) < 4.78 is 7.11. The molecule has 0 fully saturated rings. The molecule has 3 aromatic rings. The number of aromatic nitrogens is 2. The van der Waals surface area contributed by atoms with Crippen LogP contribution in [-0.2, 0) is 17.6 Å². The Morgan fingerprint density at radius 1 is 1.32 bits per heavy atom. The summed E-state index contributed by atoms with van der Waals surface area (Å²) in [5.74, 6) is 0.700. The van der Waals surface area contributed by atoms with Gasteiger partial charge in [0.15, 0.2) is 5.16 Å². The summed E-state index contributed by atoms with van der Waals surface area (Å²) in [4.78, 5) is 31.7. The van der Waals surface area contributed by atoms with Crippen LogP contribution < -0.4 is 16.0 Å². The highest BCUT2D eigenvalue weighted by Gasteiger charge is 2.23. The SMILES string of the molecule is COc1ccccc1-n1c(SCCC(N)=O)nc2sc3c(c2c1=O)CCCC3. The molecule has 28 heavy (non-hydrogen) atoms. The number of nitrogens with two attached hydrogens (primary N) is 1. The molecule has 0 radical (unpaired) electrons. The number of para-hydroxylation sites is 2. The van der Waals surface area contributed by atoms with Gasteiger partial charge in [-0.2, -0.15) is 0 Å². The second-order valence-corrected chi connectivity index (χ2v) is 8.81. The van der Waals surface area contributed by atoms with Gasteiger partial charge >= 0.3 is 0 Å². The number of aryl methyl sites for hydroxylation is 2. The minimum Gasteiger partial charge on any atom is -0.495 e. The minimum absolute atomic E-state index is 0.0736. The molecule has 1 aliphatic carbocycles. The summed E-state index contributed by atoms with van der Waals surface area (Å²) in [5, 5.41) is 1.28. The van der Waals surface area contributed by atoms with E-state index >= 15 is 0 Å². The molecule has 1 aromatic carbocycles. The van der Waals surface area contributed by atoms with Gasteiger partial charge in [0, 0.05) is 17.1 Å². The van der Waals surface area contributed by atoms with Gasteiger partial charge in [-0.25, -0.2) is 4.98 Å². The lowest BCUT2D eigenvalue weighted by molar-refractivity contribution is -0.117. The van der Waals surface area contributed by atoms with Gasteiger partial charge < -0.3 is 10.5 Å². The van der Waals surface area contributed by atoms with Gasteiger partial charge in [-0.15, -0.1) is 11.3 Å². The van der Waals surface area contributed by atoms with Crippen molar-refractivity contribution in [3.05, 3.63) is 45.1 Å². The number of amides is 1. The number of ether oxygens (including phenoxy) is 1. The van der Waals surface area contributed by atoms with E-state index in [-0.39, 0.29) is 17.9 Å². The van der Waals surface area contributed by atoms with E-state index in [4.69, 9.17) is 15.5 Å². The van der Waals surface area contributed by atoms with Crippen LogP contribution in [0.25, 0.3) is 15.9 Å². The molecule has 1 amide bonds. The molecule has 0 saturated carbocycles. The van der Waals surface area contributed by atoms with E-state index in [1.807, 2.05) is 24.3 Å². The number of hydrogen-bond acceptors (Lipinski definition) is 6. The van der Waals surface area contributed by atoms with E-state index in [1.165, 1.54) is 16.6 Å². The number of thiophene rings is 1. The molecular weight excluding hydrogens is 394 g/mol. The summed E-state index contributed by atoms with van der Waals surface area (Å²) in [5.41, 5.74) is 7.01. The van der Waals surface area contributed by atoms with E-state index in [2.05, 4.69) is 0 Å². The molecule has 8 heteroatoms. The number of methoxy groups -OCH3 is 1. The monoisotopic (exact) mass is 415 g/mol. The zero-order chi connectivity index (χ0) is 19.7. The third-order valence-corrected chi connectivity index (χ3v) is 6.99. The molecule has 2 N–H and O–H groups in total. The van der Waals surface area contributed by atoms with Crippen LogP contribution in [-0.4, -0.2) is 28.3 Å². The fourth-order valence-corrected chi connectivity index (χ4v) is 5.81. The summed E-state index contributed by atoms with van der Waals surface area (Å²) in [6, 6.07) is 7.42. The Hall–Kier alpha value is -2.32. The molecule has 146 valence electrons. The highest BCUT2D eigenvalue weighted by Crippen LogP contribution is 2.36. The van der Waals surface area contributed by atoms with E-state index in [1.54, 1.807) is 23.0 Å². The Bertz CT molecular complexity index is 1100. The smallest absolute Gasteiger partial charge is 0.267 e. The molecular formula is C20H21N3O3S2. The summed E-state index contributed by atoms with van der Waals surface area (Å²) in [6.07, 6.45) is 4.41. The quantitative estimate of drug-likeness (QED) is 0.493. The van der Waals surface area contributed by atoms with Crippen LogP contribution in [0, 0.1) is 0 Å². The Kier molecular flexibility index (Phi) is 5.41. The summed E-state index contributed by atoms with van der Waals surface area (Å²) in [7, 11) is 1.59. The molecule has 2 aromatic heterocycles. The average molecular weight is 416 g/mol. The topological polar surface area (TPSA) is 87.2 Å². The van der Waals surface area contributed by atoms with Crippen LogP contribution in [0.1, 0.15) is 29.7 Å². The molecule has 6 nitrogen and oxygen atoms in total. The second-order valence-electron chi connectivity index (χ2n) is 6.66. The third kappa shape index (κ3) is 3.42. The van der Waals surface area contributed by atoms with E-state index in [0.29, 0.717) is 22.3 Å². The first kappa shape index (κ1) is 19.0. The molecule has 0 unspecified atom stereocenters. The van der Waals surface area contributed by atoms with Crippen molar-refractivity contribution in [2.24, 2.45) is 5.73 Å². The predicted octanol–water partition coefficient (Wildman–Crippen LogP) is 3.30. The van der Waals surface area contributed by atoms with E-state index < -0.39 is 0 Å². The maximum Gasteiger partial charge on any atom is 0.267 e. The van der Waals surface area contributed by atoms with Crippen molar-refractivity contribution < 1.29 is 9.53 Å². The van der Waals surface area contributed by atoms with Crippen molar-refractivity contribution in [2.45, 2.75) is 37.3 Å². The predicted molar refractivity (Wildman–Crippen MR) is 113 cm³/mol. The van der Waals surface area contributed by atoms with Crippen molar-refractivity contribution in [1.82, 2.24) is 9.55 Å². The van der Waals surface area contributed by atoms with E-state index in [0.717, 1.165) is 41.5 Å². The lowest BCUT2D eigenvalue weighted by atomic mass is 9.97. The molecule has 0 spiro atoms. The number of fused-ring (bicyclic) bond motifs is 3. The lowest BCUT2D eigenvalue weighted by Crippen LogP contribution is -2.23. The third-order valence-electron chi connectivity index (χ3n) is 4.86. The number of carbonyl (C=O) groups excluding carboxylic acids is 1. The van der Waals surface area contributed by atoms with Gasteiger partial charge in [0.25, 0.3) is 5.56 Å². The first-order valence-electron chi connectivity index (χ1n) is 9.22. The van der Waals surface area contributed by atoms with Crippen molar-refractivity contribution in [1.29, 1.82) is 0 Å².